The van der Waals surface area contributed by atoms with Crippen LogP contribution in [0.15, 0.2) is 24.3 Å². The van der Waals surface area contributed by atoms with Gasteiger partial charge in [0, 0.05) is 44.2 Å². The van der Waals surface area contributed by atoms with Crippen LogP contribution in [0.1, 0.15) is 13.3 Å². The van der Waals surface area contributed by atoms with Gasteiger partial charge in [-0.15, -0.1) is 0 Å². The van der Waals surface area contributed by atoms with Crippen molar-refractivity contribution in [3.05, 3.63) is 24.3 Å². The predicted molar refractivity (Wildman–Crippen MR) is 86.9 cm³/mol. The number of methoxy groups -OCH3 is 1. The average molecular weight is 312 g/mol. The molecule has 0 unspecified atom stereocenters. The van der Waals surface area contributed by atoms with Crippen LogP contribution >= 0.6 is 0 Å². The topological polar surface area (TPSA) is 58.6 Å². The van der Waals surface area contributed by atoms with Gasteiger partial charge in [0.25, 0.3) is 0 Å². The quantitative estimate of drug-likeness (QED) is 0.867. The Morgan fingerprint density at radius 3 is 2.71 bits per heavy atom. The SMILES string of the molecule is COCC[C@H](C)Nc1cccc(N2CCS(=O)(=O)CC2)c1. The molecule has 1 aromatic carbocycles. The Morgan fingerprint density at radius 2 is 2.05 bits per heavy atom. The molecule has 21 heavy (non-hydrogen) atoms. The van der Waals surface area contributed by atoms with E-state index in [4.69, 9.17) is 4.74 Å². The summed E-state index contributed by atoms with van der Waals surface area (Å²) in [4.78, 5) is 2.13. The lowest BCUT2D eigenvalue weighted by molar-refractivity contribution is 0.191. The zero-order chi connectivity index (χ0) is 15.3. The highest BCUT2D eigenvalue weighted by atomic mass is 32.2. The van der Waals surface area contributed by atoms with Crippen molar-refractivity contribution in [2.24, 2.45) is 0 Å². The standard InChI is InChI=1S/C15H24N2O3S/c1-13(6-9-20-2)16-14-4-3-5-15(12-14)17-7-10-21(18,19)11-8-17/h3-5,12-13,16H,6-11H2,1-2H3/t13-/m0/s1. The molecule has 0 amide bonds. The fraction of sp³-hybridized carbons (Fsp3) is 0.600. The molecule has 1 aliphatic rings. The molecular formula is C15H24N2O3S. The number of nitrogens with one attached hydrogen (secondary N) is 1. The lowest BCUT2D eigenvalue weighted by Gasteiger charge is -2.29. The Kier molecular flexibility index (Phi) is 5.47. The summed E-state index contributed by atoms with van der Waals surface area (Å²) in [6.45, 7) is 4.01. The van der Waals surface area contributed by atoms with Crippen LogP contribution in [-0.2, 0) is 14.6 Å². The number of anilines is 2. The molecule has 1 N–H and O–H groups in total. The van der Waals surface area contributed by atoms with E-state index >= 15 is 0 Å². The second-order valence-electron chi connectivity index (χ2n) is 5.52. The number of benzene rings is 1. The van der Waals surface area contributed by atoms with E-state index in [9.17, 15) is 8.42 Å². The van der Waals surface area contributed by atoms with Crippen molar-refractivity contribution in [2.45, 2.75) is 19.4 Å². The van der Waals surface area contributed by atoms with E-state index in [-0.39, 0.29) is 11.5 Å². The first kappa shape index (κ1) is 16.1. The summed E-state index contributed by atoms with van der Waals surface area (Å²) in [6.07, 6.45) is 0.947. The van der Waals surface area contributed by atoms with Crippen LogP contribution in [0.5, 0.6) is 0 Å². The van der Waals surface area contributed by atoms with Crippen LogP contribution in [0, 0.1) is 0 Å². The van der Waals surface area contributed by atoms with Gasteiger partial charge in [-0.25, -0.2) is 8.42 Å². The Labute approximate surface area is 127 Å². The van der Waals surface area contributed by atoms with E-state index in [1.54, 1.807) is 7.11 Å². The number of hydrogen-bond donors (Lipinski definition) is 1. The Balaban J connectivity index is 1.98. The van der Waals surface area contributed by atoms with Crippen molar-refractivity contribution in [3.8, 4) is 0 Å². The molecule has 1 atom stereocenters. The summed E-state index contributed by atoms with van der Waals surface area (Å²) < 4.78 is 28.1. The molecule has 0 spiro atoms. The van der Waals surface area contributed by atoms with Gasteiger partial charge in [0.15, 0.2) is 9.84 Å². The number of rotatable bonds is 6. The Bertz CT molecular complexity index is 546. The molecule has 1 aromatic rings. The molecule has 2 rings (SSSR count). The summed E-state index contributed by atoms with van der Waals surface area (Å²) in [5.74, 6) is 0.490. The van der Waals surface area contributed by atoms with E-state index in [0.717, 1.165) is 24.4 Å². The molecule has 5 nitrogen and oxygen atoms in total. The molecule has 6 heteroatoms. The van der Waals surface area contributed by atoms with Crippen molar-refractivity contribution in [1.29, 1.82) is 0 Å². The molecule has 0 radical (unpaired) electrons. The fourth-order valence-corrected chi connectivity index (χ4v) is 3.62. The Hall–Kier alpha value is -1.27. The van der Waals surface area contributed by atoms with Gasteiger partial charge in [0.05, 0.1) is 11.5 Å². The van der Waals surface area contributed by atoms with Gasteiger partial charge in [0.2, 0.25) is 0 Å². The van der Waals surface area contributed by atoms with Crippen LogP contribution in [0.4, 0.5) is 11.4 Å². The van der Waals surface area contributed by atoms with Gasteiger partial charge >= 0.3 is 0 Å². The smallest absolute Gasteiger partial charge is 0.153 e. The number of nitrogens with zero attached hydrogens (tertiary/aromatic N) is 1. The second-order valence-corrected chi connectivity index (χ2v) is 7.82. The highest BCUT2D eigenvalue weighted by molar-refractivity contribution is 7.91. The molecule has 1 heterocycles. The van der Waals surface area contributed by atoms with Gasteiger partial charge in [-0.1, -0.05) is 6.07 Å². The maximum atomic E-state index is 11.5. The third kappa shape index (κ3) is 4.89. The van der Waals surface area contributed by atoms with Crippen LogP contribution in [-0.4, -0.2) is 52.8 Å². The van der Waals surface area contributed by atoms with Crippen molar-refractivity contribution < 1.29 is 13.2 Å². The first-order valence-electron chi connectivity index (χ1n) is 7.31. The monoisotopic (exact) mass is 312 g/mol. The van der Waals surface area contributed by atoms with E-state index in [0.29, 0.717) is 19.1 Å². The lowest BCUT2D eigenvalue weighted by atomic mass is 10.2. The summed E-state index contributed by atoms with van der Waals surface area (Å²) in [5, 5.41) is 3.45. The second kappa shape index (κ2) is 7.13. The summed E-state index contributed by atoms with van der Waals surface area (Å²) in [7, 11) is -1.13. The minimum absolute atomic E-state index is 0.245. The van der Waals surface area contributed by atoms with E-state index in [1.807, 2.05) is 18.2 Å². The van der Waals surface area contributed by atoms with Crippen molar-refractivity contribution in [3.63, 3.8) is 0 Å². The van der Waals surface area contributed by atoms with Gasteiger partial charge in [-0.2, -0.15) is 0 Å². The van der Waals surface area contributed by atoms with Gasteiger partial charge in [0.1, 0.15) is 0 Å². The first-order chi connectivity index (χ1) is 10.00. The van der Waals surface area contributed by atoms with Crippen molar-refractivity contribution >= 4 is 21.2 Å². The third-order valence-corrected chi connectivity index (χ3v) is 5.33. The first-order valence-corrected chi connectivity index (χ1v) is 9.13. The largest absolute Gasteiger partial charge is 0.385 e. The zero-order valence-electron chi connectivity index (χ0n) is 12.7. The number of sulfone groups is 1. The average Bonchev–Trinajstić information content (AvgIpc) is 2.45. The van der Waals surface area contributed by atoms with Crippen LogP contribution < -0.4 is 10.2 Å². The van der Waals surface area contributed by atoms with E-state index in [1.165, 1.54) is 0 Å². The summed E-state index contributed by atoms with van der Waals surface area (Å²) in [5.41, 5.74) is 2.14. The molecule has 118 valence electrons. The van der Waals surface area contributed by atoms with Gasteiger partial charge in [-0.05, 0) is 31.5 Å². The minimum Gasteiger partial charge on any atom is -0.385 e. The molecule has 1 fully saturated rings. The number of ether oxygens (including phenoxy) is 1. The number of hydrogen-bond acceptors (Lipinski definition) is 5. The highest BCUT2D eigenvalue weighted by Gasteiger charge is 2.21. The maximum absolute atomic E-state index is 11.5. The van der Waals surface area contributed by atoms with Crippen molar-refractivity contribution in [1.82, 2.24) is 0 Å². The van der Waals surface area contributed by atoms with E-state index < -0.39 is 9.84 Å². The van der Waals surface area contributed by atoms with Gasteiger partial charge in [-0.3, -0.25) is 0 Å². The Morgan fingerprint density at radius 1 is 1.33 bits per heavy atom. The molecular weight excluding hydrogens is 288 g/mol. The normalized spacial score (nSPS) is 19.2. The summed E-state index contributed by atoms with van der Waals surface area (Å²) in [6, 6.07) is 8.49. The molecule has 0 aliphatic carbocycles. The van der Waals surface area contributed by atoms with Crippen molar-refractivity contribution in [2.75, 3.05) is 48.5 Å². The summed E-state index contributed by atoms with van der Waals surface area (Å²) >= 11 is 0. The predicted octanol–water partition coefficient (Wildman–Crippen LogP) is 1.76. The molecule has 0 saturated carbocycles. The molecule has 0 bridgehead atoms. The fourth-order valence-electron chi connectivity index (χ4n) is 2.41. The highest BCUT2D eigenvalue weighted by Crippen LogP contribution is 2.22. The molecule has 1 aliphatic heterocycles. The van der Waals surface area contributed by atoms with Gasteiger partial charge < -0.3 is 15.0 Å². The molecule has 1 saturated heterocycles. The minimum atomic E-state index is -2.83. The van der Waals surface area contributed by atoms with E-state index in [2.05, 4.69) is 23.2 Å². The lowest BCUT2D eigenvalue weighted by Crippen LogP contribution is -2.40. The third-order valence-electron chi connectivity index (χ3n) is 3.72. The van der Waals surface area contributed by atoms with Crippen LogP contribution in [0.25, 0.3) is 0 Å². The van der Waals surface area contributed by atoms with Crippen LogP contribution in [0.3, 0.4) is 0 Å². The molecule has 0 aromatic heterocycles. The zero-order valence-corrected chi connectivity index (χ0v) is 13.5. The maximum Gasteiger partial charge on any atom is 0.153 e. The van der Waals surface area contributed by atoms with Crippen LogP contribution in [0.2, 0.25) is 0 Å².